The Morgan fingerprint density at radius 1 is 1.15 bits per heavy atom. The molecule has 3 aliphatic rings. The van der Waals surface area contributed by atoms with E-state index in [-0.39, 0.29) is 5.91 Å². The standard InChI is InChI=1S/C20H25N5O2/c1-15-14-22-20-19(21-7-8-25(15)20)24-11-9-23(10-12-24)18(26)13-16-3-5-17(27-2)6-4-16/h3-8,15H,9-14H2,1-2H3/t15-/m1/s1. The molecule has 1 saturated heterocycles. The van der Waals surface area contributed by atoms with Gasteiger partial charge in [-0.1, -0.05) is 12.1 Å². The van der Waals surface area contributed by atoms with Gasteiger partial charge in [-0.3, -0.25) is 9.79 Å². The molecule has 142 valence electrons. The highest BCUT2D eigenvalue weighted by molar-refractivity contribution is 6.41. The molecule has 0 unspecified atom stereocenters. The van der Waals surface area contributed by atoms with Gasteiger partial charge in [0.25, 0.3) is 0 Å². The van der Waals surface area contributed by atoms with Crippen LogP contribution in [-0.4, -0.2) is 78.2 Å². The third-order valence-corrected chi connectivity index (χ3v) is 5.30. The lowest BCUT2D eigenvalue weighted by atomic mass is 10.1. The summed E-state index contributed by atoms with van der Waals surface area (Å²) in [7, 11) is 1.64. The van der Waals surface area contributed by atoms with Gasteiger partial charge in [0.15, 0.2) is 11.7 Å². The molecule has 0 aliphatic carbocycles. The third kappa shape index (κ3) is 3.54. The van der Waals surface area contributed by atoms with E-state index in [0.29, 0.717) is 25.6 Å². The number of benzene rings is 1. The first-order valence-electron chi connectivity index (χ1n) is 9.39. The fourth-order valence-corrected chi connectivity index (χ4v) is 3.65. The Kier molecular flexibility index (Phi) is 4.83. The summed E-state index contributed by atoms with van der Waals surface area (Å²) < 4.78 is 5.17. The van der Waals surface area contributed by atoms with Gasteiger partial charge in [-0.05, 0) is 24.6 Å². The van der Waals surface area contributed by atoms with Gasteiger partial charge in [-0.25, -0.2) is 4.99 Å². The van der Waals surface area contributed by atoms with Gasteiger partial charge in [-0.15, -0.1) is 0 Å². The maximum absolute atomic E-state index is 12.6. The van der Waals surface area contributed by atoms with Crippen LogP contribution >= 0.6 is 0 Å². The van der Waals surface area contributed by atoms with Crippen LogP contribution < -0.4 is 4.74 Å². The van der Waals surface area contributed by atoms with Gasteiger partial charge in [0.1, 0.15) is 5.75 Å². The molecular formula is C20H25N5O2. The van der Waals surface area contributed by atoms with Gasteiger partial charge >= 0.3 is 0 Å². The Morgan fingerprint density at radius 2 is 1.89 bits per heavy atom. The quantitative estimate of drug-likeness (QED) is 0.810. The van der Waals surface area contributed by atoms with E-state index in [0.717, 1.165) is 42.6 Å². The van der Waals surface area contributed by atoms with E-state index in [1.165, 1.54) is 0 Å². The van der Waals surface area contributed by atoms with Crippen molar-refractivity contribution in [3.63, 3.8) is 0 Å². The van der Waals surface area contributed by atoms with Crippen LogP contribution in [0, 0.1) is 0 Å². The fraction of sp³-hybridized carbons (Fsp3) is 0.450. The van der Waals surface area contributed by atoms with Crippen LogP contribution in [0.3, 0.4) is 0 Å². The molecule has 0 saturated carbocycles. The molecule has 0 radical (unpaired) electrons. The zero-order chi connectivity index (χ0) is 18.8. The summed E-state index contributed by atoms with van der Waals surface area (Å²) in [6, 6.07) is 8.07. The highest BCUT2D eigenvalue weighted by Gasteiger charge is 2.32. The first-order chi connectivity index (χ1) is 13.2. The van der Waals surface area contributed by atoms with Crippen molar-refractivity contribution in [2.24, 2.45) is 9.98 Å². The lowest BCUT2D eigenvalue weighted by molar-refractivity contribution is -0.131. The highest BCUT2D eigenvalue weighted by atomic mass is 16.5. The molecule has 0 aromatic heterocycles. The highest BCUT2D eigenvalue weighted by Crippen LogP contribution is 2.19. The summed E-state index contributed by atoms with van der Waals surface area (Å²) >= 11 is 0. The number of carbonyl (C=O) groups is 1. The number of amidine groups is 2. The number of carbonyl (C=O) groups excluding carboxylic acids is 1. The first-order valence-corrected chi connectivity index (χ1v) is 9.39. The molecule has 1 aromatic carbocycles. The number of ether oxygens (including phenoxy) is 1. The van der Waals surface area contributed by atoms with Gasteiger partial charge in [-0.2, -0.15) is 0 Å². The van der Waals surface area contributed by atoms with Crippen LogP contribution in [0.4, 0.5) is 0 Å². The second-order valence-electron chi connectivity index (χ2n) is 7.06. The molecule has 3 aliphatic heterocycles. The van der Waals surface area contributed by atoms with Gasteiger partial charge < -0.3 is 19.4 Å². The van der Waals surface area contributed by atoms with Crippen LogP contribution in [-0.2, 0) is 11.2 Å². The van der Waals surface area contributed by atoms with Gasteiger partial charge in [0.05, 0.1) is 26.1 Å². The Bertz CT molecular complexity index is 791. The second-order valence-corrected chi connectivity index (χ2v) is 7.06. The van der Waals surface area contributed by atoms with Crippen molar-refractivity contribution in [1.29, 1.82) is 0 Å². The lowest BCUT2D eigenvalue weighted by Crippen LogP contribution is -2.54. The number of fused-ring (bicyclic) bond motifs is 1. The van der Waals surface area contributed by atoms with Crippen LogP contribution in [0.25, 0.3) is 0 Å². The smallest absolute Gasteiger partial charge is 0.227 e. The van der Waals surface area contributed by atoms with E-state index < -0.39 is 0 Å². The van der Waals surface area contributed by atoms with Gasteiger partial charge in [0.2, 0.25) is 5.91 Å². The molecule has 7 heteroatoms. The third-order valence-electron chi connectivity index (χ3n) is 5.30. The second kappa shape index (κ2) is 7.42. The molecule has 1 aromatic rings. The minimum absolute atomic E-state index is 0.166. The normalized spacial score (nSPS) is 21.7. The Morgan fingerprint density at radius 3 is 2.59 bits per heavy atom. The largest absolute Gasteiger partial charge is 0.497 e. The molecule has 4 rings (SSSR count). The average Bonchev–Trinajstić information content (AvgIpc) is 3.10. The molecule has 1 amide bonds. The Balaban J connectivity index is 1.34. The molecule has 3 heterocycles. The Hall–Kier alpha value is -2.83. The van der Waals surface area contributed by atoms with Crippen molar-refractivity contribution in [2.75, 3.05) is 39.8 Å². The van der Waals surface area contributed by atoms with Crippen molar-refractivity contribution in [2.45, 2.75) is 19.4 Å². The number of methoxy groups -OCH3 is 1. The molecule has 7 nitrogen and oxygen atoms in total. The SMILES string of the molecule is COc1ccc(CC(=O)N2CCN(C3=NC=CN4C3=NC[C@H]4C)CC2)cc1. The summed E-state index contributed by atoms with van der Waals surface area (Å²) in [5, 5.41) is 0. The molecule has 1 atom stereocenters. The minimum Gasteiger partial charge on any atom is -0.497 e. The average molecular weight is 367 g/mol. The Labute approximate surface area is 159 Å². The van der Waals surface area contributed by atoms with Crippen molar-refractivity contribution < 1.29 is 9.53 Å². The summed E-state index contributed by atoms with van der Waals surface area (Å²) in [4.78, 5) is 28.2. The molecule has 1 fully saturated rings. The molecule has 0 N–H and O–H groups in total. The van der Waals surface area contributed by atoms with Gasteiger partial charge in [0, 0.05) is 38.6 Å². The molecular weight excluding hydrogens is 342 g/mol. The van der Waals surface area contributed by atoms with Crippen LogP contribution in [0.1, 0.15) is 12.5 Å². The number of nitrogens with zero attached hydrogens (tertiary/aromatic N) is 5. The maximum atomic E-state index is 12.6. The van der Waals surface area contributed by atoms with E-state index in [4.69, 9.17) is 4.74 Å². The molecule has 0 bridgehead atoms. The van der Waals surface area contributed by atoms with Crippen LogP contribution in [0.15, 0.2) is 46.7 Å². The predicted molar refractivity (Wildman–Crippen MR) is 105 cm³/mol. The van der Waals surface area contributed by atoms with Crippen LogP contribution in [0.5, 0.6) is 5.75 Å². The monoisotopic (exact) mass is 367 g/mol. The molecule has 0 spiro atoms. The molecule has 27 heavy (non-hydrogen) atoms. The van der Waals surface area contributed by atoms with Crippen LogP contribution in [0.2, 0.25) is 0 Å². The topological polar surface area (TPSA) is 60.7 Å². The van der Waals surface area contributed by atoms with Crippen molar-refractivity contribution in [3.05, 3.63) is 42.2 Å². The maximum Gasteiger partial charge on any atom is 0.227 e. The number of amides is 1. The van der Waals surface area contributed by atoms with Crippen molar-refractivity contribution in [1.82, 2.24) is 14.7 Å². The van der Waals surface area contributed by atoms with E-state index >= 15 is 0 Å². The number of hydrogen-bond acceptors (Lipinski definition) is 6. The van der Waals surface area contributed by atoms with Crippen molar-refractivity contribution >= 4 is 17.6 Å². The van der Waals surface area contributed by atoms with Crippen molar-refractivity contribution in [3.8, 4) is 5.75 Å². The summed E-state index contributed by atoms with van der Waals surface area (Å²) in [6.45, 7) is 5.95. The number of aliphatic imine (C=N–C) groups is 2. The zero-order valence-electron chi connectivity index (χ0n) is 15.8. The predicted octanol–water partition coefficient (Wildman–Crippen LogP) is 1.37. The summed E-state index contributed by atoms with van der Waals surface area (Å²) in [5.74, 6) is 2.87. The number of piperazine rings is 1. The van der Waals surface area contributed by atoms with E-state index in [1.807, 2.05) is 41.6 Å². The lowest BCUT2D eigenvalue weighted by Gasteiger charge is -2.38. The minimum atomic E-state index is 0.166. The number of rotatable bonds is 3. The fourth-order valence-electron chi connectivity index (χ4n) is 3.65. The van der Waals surface area contributed by atoms with E-state index in [9.17, 15) is 4.79 Å². The first kappa shape index (κ1) is 17.6. The number of hydrogen-bond donors (Lipinski definition) is 0. The van der Waals surface area contributed by atoms with E-state index in [2.05, 4.69) is 26.7 Å². The summed E-state index contributed by atoms with van der Waals surface area (Å²) in [6.07, 6.45) is 4.26. The summed E-state index contributed by atoms with van der Waals surface area (Å²) in [5.41, 5.74) is 1.01. The zero-order valence-corrected chi connectivity index (χ0v) is 15.8. The van der Waals surface area contributed by atoms with E-state index in [1.54, 1.807) is 7.11 Å².